The summed E-state index contributed by atoms with van der Waals surface area (Å²) in [7, 11) is 0. The maximum Gasteiger partial charge on any atom is 0.243 e. The van der Waals surface area contributed by atoms with E-state index in [0.717, 1.165) is 12.0 Å². The van der Waals surface area contributed by atoms with Crippen LogP contribution in [-0.4, -0.2) is 22.3 Å². The van der Waals surface area contributed by atoms with Gasteiger partial charge in [-0.15, -0.1) is 11.8 Å². The number of carbonyl (C=O) groups is 2. The Morgan fingerprint density at radius 2 is 2.00 bits per heavy atom. The van der Waals surface area contributed by atoms with Crippen molar-refractivity contribution in [1.82, 2.24) is 5.32 Å². The van der Waals surface area contributed by atoms with Gasteiger partial charge < -0.3 is 0 Å². The van der Waals surface area contributed by atoms with Crippen molar-refractivity contribution in [3.05, 3.63) is 35.9 Å². The molecule has 0 bridgehead atoms. The van der Waals surface area contributed by atoms with Crippen molar-refractivity contribution in [2.24, 2.45) is 0 Å². The molecule has 0 aliphatic carbocycles. The Balaban J connectivity index is 2.20. The molecule has 1 saturated heterocycles. The lowest BCUT2D eigenvalue weighted by Gasteiger charge is -2.33. The number of carbonyl (C=O) groups excluding carboxylic acids is 2. The average Bonchev–Trinajstić information content (AvgIpc) is 2.34. The maximum atomic E-state index is 12.0. The van der Waals surface area contributed by atoms with Crippen LogP contribution >= 0.6 is 11.8 Å². The number of rotatable bonds is 3. The summed E-state index contributed by atoms with van der Waals surface area (Å²) in [4.78, 5) is 23.2. The van der Waals surface area contributed by atoms with Gasteiger partial charge in [-0.1, -0.05) is 37.3 Å². The van der Waals surface area contributed by atoms with E-state index in [-0.39, 0.29) is 11.8 Å². The van der Waals surface area contributed by atoms with Crippen molar-refractivity contribution in [1.29, 1.82) is 0 Å². The second-order valence-corrected chi connectivity index (χ2v) is 5.54. The quantitative estimate of drug-likeness (QED) is 0.830. The Kier molecular flexibility index (Phi) is 3.52. The fraction of sp³-hybridized carbons (Fsp3) is 0.385. The summed E-state index contributed by atoms with van der Waals surface area (Å²) in [6, 6.07) is 9.92. The van der Waals surface area contributed by atoms with Gasteiger partial charge in [0.1, 0.15) is 0 Å². The molecule has 1 unspecified atom stereocenters. The van der Waals surface area contributed by atoms with E-state index in [2.05, 4.69) is 5.32 Å². The predicted molar refractivity (Wildman–Crippen MR) is 68.8 cm³/mol. The maximum absolute atomic E-state index is 12.0. The van der Waals surface area contributed by atoms with Gasteiger partial charge in [-0.05, 0) is 18.4 Å². The van der Waals surface area contributed by atoms with Crippen molar-refractivity contribution in [2.75, 3.05) is 5.75 Å². The van der Waals surface area contributed by atoms with Crippen LogP contribution in [0.15, 0.2) is 30.3 Å². The molecule has 0 spiro atoms. The van der Waals surface area contributed by atoms with E-state index in [9.17, 15) is 9.59 Å². The van der Waals surface area contributed by atoms with Crippen LogP contribution in [0.25, 0.3) is 0 Å². The number of amides is 2. The number of benzene rings is 1. The van der Waals surface area contributed by atoms with E-state index >= 15 is 0 Å². The Bertz CT molecular complexity index is 432. The second-order valence-electron chi connectivity index (χ2n) is 4.18. The summed E-state index contributed by atoms with van der Waals surface area (Å²) in [6.45, 7) is 1.99. The highest BCUT2D eigenvalue weighted by Gasteiger charge is 2.41. The fourth-order valence-electron chi connectivity index (χ4n) is 1.99. The van der Waals surface area contributed by atoms with Gasteiger partial charge in [0.25, 0.3) is 0 Å². The van der Waals surface area contributed by atoms with E-state index in [1.54, 1.807) is 0 Å². The molecule has 0 aromatic heterocycles. The van der Waals surface area contributed by atoms with E-state index in [4.69, 9.17) is 0 Å². The Morgan fingerprint density at radius 1 is 1.29 bits per heavy atom. The molecule has 1 aliphatic rings. The van der Waals surface area contributed by atoms with Gasteiger partial charge in [0.05, 0.1) is 10.5 Å². The molecule has 3 nitrogen and oxygen atoms in total. The summed E-state index contributed by atoms with van der Waals surface area (Å²) in [5, 5.41) is 2.44. The third-order valence-corrected chi connectivity index (χ3v) is 4.63. The Labute approximate surface area is 105 Å². The van der Waals surface area contributed by atoms with Crippen molar-refractivity contribution in [3.8, 4) is 0 Å². The first-order valence-corrected chi connectivity index (χ1v) is 6.67. The molecule has 1 aliphatic heterocycles. The van der Waals surface area contributed by atoms with Gasteiger partial charge in [0, 0.05) is 0 Å². The van der Waals surface area contributed by atoms with Crippen molar-refractivity contribution < 1.29 is 9.59 Å². The van der Waals surface area contributed by atoms with Gasteiger partial charge >= 0.3 is 0 Å². The van der Waals surface area contributed by atoms with Crippen molar-refractivity contribution >= 4 is 23.6 Å². The van der Waals surface area contributed by atoms with E-state index in [1.807, 2.05) is 37.3 Å². The van der Waals surface area contributed by atoms with Gasteiger partial charge in [0.15, 0.2) is 0 Å². The molecule has 90 valence electrons. The standard InChI is InChI=1S/C13H15NO2S/c1-2-13(8-10-6-4-3-5-7-10)12(16)14-11(15)9-17-13/h3-7H,2,8-9H2,1H3,(H,14,15,16). The molecule has 4 heteroatoms. The van der Waals surface area contributed by atoms with Gasteiger partial charge in [0.2, 0.25) is 11.8 Å². The third-order valence-electron chi connectivity index (χ3n) is 3.05. The summed E-state index contributed by atoms with van der Waals surface area (Å²) >= 11 is 1.46. The summed E-state index contributed by atoms with van der Waals surface area (Å²) < 4.78 is -0.491. The molecular weight excluding hydrogens is 234 g/mol. The minimum atomic E-state index is -0.491. The largest absolute Gasteiger partial charge is 0.295 e. The lowest BCUT2D eigenvalue weighted by molar-refractivity contribution is -0.131. The smallest absolute Gasteiger partial charge is 0.243 e. The molecule has 1 N–H and O–H groups in total. The van der Waals surface area contributed by atoms with Crippen LogP contribution < -0.4 is 5.32 Å². The molecule has 2 rings (SSSR count). The summed E-state index contributed by atoms with van der Waals surface area (Å²) in [6.07, 6.45) is 1.40. The van der Waals surface area contributed by atoms with Crippen LogP contribution in [0.1, 0.15) is 18.9 Å². The topological polar surface area (TPSA) is 46.2 Å². The Morgan fingerprint density at radius 3 is 2.59 bits per heavy atom. The first kappa shape index (κ1) is 12.2. The normalized spacial score (nSPS) is 24.5. The average molecular weight is 249 g/mol. The highest BCUT2D eigenvalue weighted by atomic mass is 32.2. The SMILES string of the molecule is CCC1(Cc2ccccc2)SCC(=O)NC1=O. The zero-order valence-electron chi connectivity index (χ0n) is 9.73. The van der Waals surface area contributed by atoms with Gasteiger partial charge in [-0.2, -0.15) is 0 Å². The zero-order valence-corrected chi connectivity index (χ0v) is 10.5. The van der Waals surface area contributed by atoms with E-state index < -0.39 is 4.75 Å². The molecule has 0 radical (unpaired) electrons. The third kappa shape index (κ3) is 2.52. The van der Waals surface area contributed by atoms with Gasteiger partial charge in [-0.25, -0.2) is 0 Å². The van der Waals surface area contributed by atoms with Crippen LogP contribution in [0.2, 0.25) is 0 Å². The van der Waals surface area contributed by atoms with Crippen molar-refractivity contribution in [3.63, 3.8) is 0 Å². The molecule has 1 heterocycles. The number of thioether (sulfide) groups is 1. The first-order valence-electron chi connectivity index (χ1n) is 5.68. The number of hydrogen-bond acceptors (Lipinski definition) is 3. The number of hydrogen-bond donors (Lipinski definition) is 1. The lowest BCUT2D eigenvalue weighted by Crippen LogP contribution is -2.53. The molecule has 1 aromatic rings. The molecule has 2 amide bonds. The van der Waals surface area contributed by atoms with Crippen molar-refractivity contribution in [2.45, 2.75) is 24.5 Å². The second kappa shape index (κ2) is 4.92. The molecule has 1 aromatic carbocycles. The lowest BCUT2D eigenvalue weighted by atomic mass is 9.94. The Hall–Kier alpha value is -1.29. The molecule has 1 atom stereocenters. The van der Waals surface area contributed by atoms with E-state index in [0.29, 0.717) is 12.2 Å². The minimum Gasteiger partial charge on any atom is -0.295 e. The van der Waals surface area contributed by atoms with Crippen LogP contribution in [0, 0.1) is 0 Å². The van der Waals surface area contributed by atoms with Crippen LogP contribution in [-0.2, 0) is 16.0 Å². The predicted octanol–water partition coefficient (Wildman–Crippen LogP) is 1.77. The van der Waals surface area contributed by atoms with E-state index in [1.165, 1.54) is 11.8 Å². The minimum absolute atomic E-state index is 0.148. The van der Waals surface area contributed by atoms with Crippen LogP contribution in [0.4, 0.5) is 0 Å². The van der Waals surface area contributed by atoms with Crippen LogP contribution in [0.3, 0.4) is 0 Å². The fourth-order valence-corrected chi connectivity index (χ4v) is 3.12. The monoisotopic (exact) mass is 249 g/mol. The highest BCUT2D eigenvalue weighted by molar-refractivity contribution is 8.02. The highest BCUT2D eigenvalue weighted by Crippen LogP contribution is 2.35. The number of imide groups is 1. The summed E-state index contributed by atoms with van der Waals surface area (Å²) in [5.41, 5.74) is 1.13. The first-order chi connectivity index (χ1) is 8.16. The zero-order chi connectivity index (χ0) is 12.3. The van der Waals surface area contributed by atoms with Crippen LogP contribution in [0.5, 0.6) is 0 Å². The van der Waals surface area contributed by atoms with Gasteiger partial charge in [-0.3, -0.25) is 14.9 Å². The summed E-state index contributed by atoms with van der Waals surface area (Å²) in [5.74, 6) is 0.0362. The molecular formula is C13H15NO2S. The molecule has 1 fully saturated rings. The number of nitrogens with one attached hydrogen (secondary N) is 1. The molecule has 17 heavy (non-hydrogen) atoms. The molecule has 0 saturated carbocycles.